The maximum absolute atomic E-state index is 10.4. The van der Waals surface area contributed by atoms with Crippen molar-refractivity contribution in [1.82, 2.24) is 5.32 Å². The van der Waals surface area contributed by atoms with Crippen LogP contribution >= 0.6 is 15.9 Å². The highest BCUT2D eigenvalue weighted by Gasteiger charge is 2.13. The molecule has 0 atom stereocenters. The summed E-state index contributed by atoms with van der Waals surface area (Å²) in [6.07, 6.45) is 0.0428. The van der Waals surface area contributed by atoms with E-state index in [0.29, 0.717) is 18.0 Å². The highest BCUT2D eigenvalue weighted by atomic mass is 79.9. The molecule has 0 fully saturated rings. The van der Waals surface area contributed by atoms with Crippen LogP contribution in [0.2, 0.25) is 0 Å². The molecular formula is C13H18BrNO4. The van der Waals surface area contributed by atoms with E-state index in [-0.39, 0.29) is 12.6 Å². The van der Waals surface area contributed by atoms with Gasteiger partial charge in [-0.25, -0.2) is 0 Å². The van der Waals surface area contributed by atoms with E-state index in [2.05, 4.69) is 21.2 Å². The van der Waals surface area contributed by atoms with Gasteiger partial charge in [0.1, 0.15) is 0 Å². The molecule has 0 bridgehead atoms. The summed E-state index contributed by atoms with van der Waals surface area (Å²) in [5.41, 5.74) is 0.918. The first-order valence-corrected chi connectivity index (χ1v) is 6.69. The molecule has 2 N–H and O–H groups in total. The summed E-state index contributed by atoms with van der Waals surface area (Å²) in [5.74, 6) is 0.389. The van der Waals surface area contributed by atoms with E-state index in [9.17, 15) is 4.79 Å². The van der Waals surface area contributed by atoms with Gasteiger partial charge in [0.25, 0.3) is 0 Å². The first kappa shape index (κ1) is 15.8. The largest absolute Gasteiger partial charge is 0.493 e. The monoisotopic (exact) mass is 331 g/mol. The maximum Gasteiger partial charge on any atom is 0.317 e. The number of nitrogens with one attached hydrogen (secondary N) is 1. The van der Waals surface area contributed by atoms with Gasteiger partial charge < -0.3 is 19.9 Å². The third-order valence-electron chi connectivity index (χ3n) is 2.25. The number of hydrogen-bond donors (Lipinski definition) is 2. The highest BCUT2D eigenvalue weighted by Crippen LogP contribution is 2.37. The minimum Gasteiger partial charge on any atom is -0.493 e. The number of ether oxygens (including phenoxy) is 2. The van der Waals surface area contributed by atoms with Crippen LogP contribution in [0.1, 0.15) is 19.4 Å². The van der Waals surface area contributed by atoms with Crippen LogP contribution in [0.3, 0.4) is 0 Å². The number of methoxy groups -OCH3 is 1. The van der Waals surface area contributed by atoms with E-state index in [4.69, 9.17) is 14.6 Å². The molecule has 0 unspecified atom stereocenters. The van der Waals surface area contributed by atoms with Gasteiger partial charge in [0.2, 0.25) is 0 Å². The number of rotatable bonds is 7. The van der Waals surface area contributed by atoms with Gasteiger partial charge in [-0.15, -0.1) is 0 Å². The quantitative estimate of drug-likeness (QED) is 0.803. The van der Waals surface area contributed by atoms with Crippen molar-refractivity contribution in [3.8, 4) is 11.5 Å². The molecule has 0 radical (unpaired) electrons. The first-order valence-electron chi connectivity index (χ1n) is 5.89. The number of aliphatic carboxylic acids is 1. The van der Waals surface area contributed by atoms with Crippen molar-refractivity contribution in [3.05, 3.63) is 22.2 Å². The van der Waals surface area contributed by atoms with Gasteiger partial charge in [0.15, 0.2) is 11.5 Å². The molecule has 106 valence electrons. The van der Waals surface area contributed by atoms with Crippen LogP contribution in [0, 0.1) is 0 Å². The SMILES string of the molecule is COc1cc(CNCC(=O)O)cc(Br)c1OC(C)C. The Bertz CT molecular complexity index is 449. The van der Waals surface area contributed by atoms with Gasteiger partial charge >= 0.3 is 5.97 Å². The molecule has 0 heterocycles. The molecule has 5 nitrogen and oxygen atoms in total. The van der Waals surface area contributed by atoms with Crippen LogP contribution in [0.5, 0.6) is 11.5 Å². The van der Waals surface area contributed by atoms with Crippen molar-refractivity contribution in [2.45, 2.75) is 26.5 Å². The third kappa shape index (κ3) is 5.08. The molecule has 0 spiro atoms. The zero-order valence-electron chi connectivity index (χ0n) is 11.2. The minimum atomic E-state index is -0.884. The number of carboxylic acids is 1. The standard InChI is InChI=1S/C13H18BrNO4/c1-8(2)19-13-10(14)4-9(5-11(13)18-3)6-15-7-12(16)17/h4-5,8,15H,6-7H2,1-3H3,(H,16,17). The van der Waals surface area contributed by atoms with E-state index in [0.717, 1.165) is 10.0 Å². The molecular weight excluding hydrogens is 314 g/mol. The van der Waals surface area contributed by atoms with Crippen molar-refractivity contribution in [2.24, 2.45) is 0 Å². The molecule has 6 heteroatoms. The molecule has 0 amide bonds. The number of halogens is 1. The number of carbonyl (C=O) groups is 1. The summed E-state index contributed by atoms with van der Waals surface area (Å²) < 4.78 is 11.8. The van der Waals surface area contributed by atoms with Gasteiger partial charge in [0.05, 0.1) is 24.2 Å². The summed E-state index contributed by atoms with van der Waals surface area (Å²) in [4.78, 5) is 10.4. The Labute approximate surface area is 121 Å². The Morgan fingerprint density at radius 2 is 2.16 bits per heavy atom. The molecule has 0 aliphatic rings. The van der Waals surface area contributed by atoms with Crippen LogP contribution in [0.4, 0.5) is 0 Å². The average Bonchev–Trinajstić information content (AvgIpc) is 2.31. The number of hydrogen-bond acceptors (Lipinski definition) is 4. The second-order valence-electron chi connectivity index (χ2n) is 4.27. The molecule has 0 saturated carbocycles. The summed E-state index contributed by atoms with van der Waals surface area (Å²) in [5, 5.41) is 11.4. The van der Waals surface area contributed by atoms with Crippen LogP contribution in [-0.4, -0.2) is 30.8 Å². The highest BCUT2D eigenvalue weighted by molar-refractivity contribution is 9.10. The van der Waals surface area contributed by atoms with E-state index < -0.39 is 5.97 Å². The Kier molecular flexibility index (Phi) is 6.11. The molecule has 1 aromatic rings. The Balaban J connectivity index is 2.86. The van der Waals surface area contributed by atoms with Crippen LogP contribution < -0.4 is 14.8 Å². The zero-order valence-corrected chi connectivity index (χ0v) is 12.8. The lowest BCUT2D eigenvalue weighted by atomic mass is 10.2. The van der Waals surface area contributed by atoms with Crippen LogP contribution in [-0.2, 0) is 11.3 Å². The Morgan fingerprint density at radius 3 is 2.68 bits per heavy atom. The zero-order chi connectivity index (χ0) is 14.4. The van der Waals surface area contributed by atoms with Gasteiger partial charge in [0, 0.05) is 6.54 Å². The fraction of sp³-hybridized carbons (Fsp3) is 0.462. The second kappa shape index (κ2) is 7.35. The summed E-state index contributed by atoms with van der Waals surface area (Å²) in [7, 11) is 1.57. The second-order valence-corrected chi connectivity index (χ2v) is 5.13. The summed E-state index contributed by atoms with van der Waals surface area (Å²) >= 11 is 3.44. The lowest BCUT2D eigenvalue weighted by molar-refractivity contribution is -0.135. The average molecular weight is 332 g/mol. The van der Waals surface area contributed by atoms with Crippen molar-refractivity contribution in [2.75, 3.05) is 13.7 Å². The molecule has 19 heavy (non-hydrogen) atoms. The van der Waals surface area contributed by atoms with Crippen molar-refractivity contribution in [3.63, 3.8) is 0 Å². The molecule has 1 aromatic carbocycles. The van der Waals surface area contributed by atoms with Crippen molar-refractivity contribution >= 4 is 21.9 Å². The molecule has 0 aliphatic heterocycles. The van der Waals surface area contributed by atoms with E-state index in [1.54, 1.807) is 7.11 Å². The minimum absolute atomic E-state index is 0.0428. The molecule has 0 aromatic heterocycles. The number of carboxylic acid groups (broad SMARTS) is 1. The molecule has 1 rings (SSSR count). The van der Waals surface area contributed by atoms with Crippen LogP contribution in [0.15, 0.2) is 16.6 Å². The van der Waals surface area contributed by atoms with E-state index in [1.165, 1.54) is 0 Å². The first-order chi connectivity index (χ1) is 8.93. The topological polar surface area (TPSA) is 67.8 Å². The van der Waals surface area contributed by atoms with Gasteiger partial charge in [-0.2, -0.15) is 0 Å². The predicted molar refractivity (Wildman–Crippen MR) is 75.8 cm³/mol. The number of benzene rings is 1. The van der Waals surface area contributed by atoms with Gasteiger partial charge in [-0.3, -0.25) is 4.79 Å². The summed E-state index contributed by atoms with van der Waals surface area (Å²) in [6, 6.07) is 3.71. The normalized spacial score (nSPS) is 10.6. The van der Waals surface area contributed by atoms with E-state index >= 15 is 0 Å². The lowest BCUT2D eigenvalue weighted by Crippen LogP contribution is -2.21. The fourth-order valence-corrected chi connectivity index (χ4v) is 2.12. The smallest absolute Gasteiger partial charge is 0.317 e. The van der Waals surface area contributed by atoms with Crippen molar-refractivity contribution in [1.29, 1.82) is 0 Å². The molecule has 0 aliphatic carbocycles. The van der Waals surface area contributed by atoms with Gasteiger partial charge in [-0.05, 0) is 47.5 Å². The van der Waals surface area contributed by atoms with E-state index in [1.807, 2.05) is 26.0 Å². The predicted octanol–water partition coefficient (Wildman–Crippen LogP) is 2.42. The van der Waals surface area contributed by atoms with Crippen LogP contribution in [0.25, 0.3) is 0 Å². The fourth-order valence-electron chi connectivity index (χ4n) is 1.54. The molecule has 0 saturated heterocycles. The maximum atomic E-state index is 10.4. The lowest BCUT2D eigenvalue weighted by Gasteiger charge is -2.16. The van der Waals surface area contributed by atoms with Gasteiger partial charge in [-0.1, -0.05) is 0 Å². The Morgan fingerprint density at radius 1 is 1.47 bits per heavy atom. The summed E-state index contributed by atoms with van der Waals surface area (Å²) in [6.45, 7) is 4.25. The Hall–Kier alpha value is -1.27. The third-order valence-corrected chi connectivity index (χ3v) is 2.84. The van der Waals surface area contributed by atoms with Crippen molar-refractivity contribution < 1.29 is 19.4 Å².